The van der Waals surface area contributed by atoms with Gasteiger partial charge in [0.25, 0.3) is 0 Å². The van der Waals surface area contributed by atoms with E-state index >= 15 is 0 Å². The first-order valence-corrected chi connectivity index (χ1v) is 9.79. The van der Waals surface area contributed by atoms with Crippen molar-refractivity contribution in [3.8, 4) is 17.5 Å². The van der Waals surface area contributed by atoms with Crippen molar-refractivity contribution in [3.05, 3.63) is 55.4 Å². The highest BCUT2D eigenvalue weighted by Crippen LogP contribution is 2.31. The minimum absolute atomic E-state index is 0.000248. The average molecular weight is 405 g/mol. The number of fused-ring (bicyclic) bond motifs is 1. The third kappa shape index (κ3) is 4.75. The van der Waals surface area contributed by atoms with Crippen molar-refractivity contribution >= 4 is 11.2 Å². The highest BCUT2D eigenvalue weighted by Gasteiger charge is 2.22. The Balaban J connectivity index is 2.08. The molecule has 0 aliphatic heterocycles. The molecule has 3 rings (SSSR count). The van der Waals surface area contributed by atoms with Gasteiger partial charge in [0.2, 0.25) is 0 Å². The summed E-state index contributed by atoms with van der Waals surface area (Å²) in [6.45, 7) is 10.4. The molecule has 1 atom stereocenters. The van der Waals surface area contributed by atoms with Crippen LogP contribution in [0.3, 0.4) is 0 Å². The predicted molar refractivity (Wildman–Crippen MR) is 118 cm³/mol. The van der Waals surface area contributed by atoms with Crippen LogP contribution in [0.4, 0.5) is 0 Å². The third-order valence-electron chi connectivity index (χ3n) is 4.66. The molecule has 3 heterocycles. The lowest BCUT2D eigenvalue weighted by molar-refractivity contribution is 0.281. The van der Waals surface area contributed by atoms with Crippen molar-refractivity contribution in [1.82, 2.24) is 29.2 Å². The van der Waals surface area contributed by atoms with Crippen LogP contribution in [0.5, 0.6) is 0 Å². The first-order chi connectivity index (χ1) is 14.2. The molecule has 0 fully saturated rings. The molecule has 3 aromatic heterocycles. The van der Waals surface area contributed by atoms with E-state index in [1.807, 2.05) is 27.5 Å². The van der Waals surface area contributed by atoms with Crippen molar-refractivity contribution in [2.45, 2.75) is 39.7 Å². The zero-order chi connectivity index (χ0) is 21.9. The Morgan fingerprint density at radius 3 is 2.83 bits per heavy atom. The Hall–Kier alpha value is -3.44. The van der Waals surface area contributed by atoms with Gasteiger partial charge < -0.3 is 5.01 Å². The average Bonchev–Trinajstić information content (AvgIpc) is 3.33. The van der Waals surface area contributed by atoms with Crippen molar-refractivity contribution < 1.29 is 0 Å². The third-order valence-corrected chi connectivity index (χ3v) is 4.66. The van der Waals surface area contributed by atoms with E-state index in [1.54, 1.807) is 31.7 Å². The zero-order valence-corrected chi connectivity index (χ0v) is 17.9. The Labute approximate surface area is 176 Å². The van der Waals surface area contributed by atoms with Gasteiger partial charge in [-0.2, -0.15) is 10.4 Å². The second-order valence-corrected chi connectivity index (χ2v) is 8.56. The number of rotatable bonds is 7. The van der Waals surface area contributed by atoms with Gasteiger partial charge in [-0.15, -0.1) is 0 Å². The van der Waals surface area contributed by atoms with E-state index in [4.69, 9.17) is 10.8 Å². The fourth-order valence-corrected chi connectivity index (χ4v) is 3.44. The van der Waals surface area contributed by atoms with Gasteiger partial charge in [-0.3, -0.25) is 9.08 Å². The molecule has 0 spiro atoms. The molecular formula is C22H28N8. The minimum atomic E-state index is -0.000248. The maximum Gasteiger partial charge on any atom is 0.149 e. The number of hydrogen-bond donors (Lipinski definition) is 1. The Kier molecular flexibility index (Phi) is 6.04. The summed E-state index contributed by atoms with van der Waals surface area (Å²) in [7, 11) is 1.74. The maximum atomic E-state index is 9.28. The van der Waals surface area contributed by atoms with Crippen LogP contribution in [-0.4, -0.2) is 36.2 Å². The van der Waals surface area contributed by atoms with Crippen molar-refractivity contribution in [1.29, 1.82) is 5.26 Å². The molecule has 2 N–H and O–H groups in total. The van der Waals surface area contributed by atoms with Crippen LogP contribution in [0.1, 0.15) is 45.3 Å². The highest BCUT2D eigenvalue weighted by molar-refractivity contribution is 5.74. The fraction of sp³-hybridized carbons (Fsp3) is 0.364. The van der Waals surface area contributed by atoms with Crippen molar-refractivity contribution in [2.24, 2.45) is 11.3 Å². The van der Waals surface area contributed by atoms with Crippen LogP contribution in [0, 0.1) is 16.7 Å². The summed E-state index contributed by atoms with van der Waals surface area (Å²) in [5.41, 5.74) is 3.20. The van der Waals surface area contributed by atoms with E-state index in [9.17, 15) is 5.26 Å². The number of imidazole rings is 1. The number of hydrogen-bond acceptors (Lipinski definition) is 6. The lowest BCUT2D eigenvalue weighted by Gasteiger charge is -2.24. The van der Waals surface area contributed by atoms with E-state index < -0.39 is 0 Å². The molecule has 0 aliphatic carbocycles. The molecule has 0 saturated carbocycles. The number of nitrogens with zero attached hydrogens (tertiary/aromatic N) is 7. The van der Waals surface area contributed by atoms with E-state index in [0.717, 1.165) is 23.2 Å². The summed E-state index contributed by atoms with van der Waals surface area (Å²) in [6.07, 6.45) is 12.1. The molecule has 1 unspecified atom stereocenters. The molecule has 0 aromatic carbocycles. The van der Waals surface area contributed by atoms with Crippen LogP contribution >= 0.6 is 0 Å². The number of aromatic nitrogens is 5. The monoisotopic (exact) mass is 404 g/mol. The summed E-state index contributed by atoms with van der Waals surface area (Å²) in [5.74, 6) is 6.50. The van der Waals surface area contributed by atoms with Crippen LogP contribution in [0.25, 0.3) is 22.6 Å². The number of hydrazine groups is 1. The topological polar surface area (TPSA) is 101 Å². The van der Waals surface area contributed by atoms with Gasteiger partial charge in [0.05, 0.1) is 36.0 Å². The molecular weight excluding hydrogens is 376 g/mol. The smallest absolute Gasteiger partial charge is 0.149 e. The summed E-state index contributed by atoms with van der Waals surface area (Å²) in [6, 6.07) is 4.18. The first kappa shape index (κ1) is 21.3. The minimum Gasteiger partial charge on any atom is -0.321 e. The molecule has 3 aromatic rings. The van der Waals surface area contributed by atoms with E-state index in [2.05, 4.69) is 43.5 Å². The van der Waals surface area contributed by atoms with Gasteiger partial charge in [-0.1, -0.05) is 33.4 Å². The first-order valence-electron chi connectivity index (χ1n) is 9.79. The summed E-state index contributed by atoms with van der Waals surface area (Å²) in [4.78, 5) is 9.27. The number of nitrogens with two attached hydrogens (primary N) is 1. The van der Waals surface area contributed by atoms with Crippen LogP contribution in [0.15, 0.2) is 49.7 Å². The van der Waals surface area contributed by atoms with Crippen LogP contribution in [-0.2, 0) is 0 Å². The maximum absolute atomic E-state index is 9.28. The van der Waals surface area contributed by atoms with E-state index in [1.165, 1.54) is 5.01 Å². The molecule has 8 nitrogen and oxygen atoms in total. The second-order valence-electron chi connectivity index (χ2n) is 8.56. The molecule has 0 bridgehead atoms. The van der Waals surface area contributed by atoms with Gasteiger partial charge in [-0.05, 0) is 11.8 Å². The zero-order valence-electron chi connectivity index (χ0n) is 17.9. The van der Waals surface area contributed by atoms with Crippen molar-refractivity contribution in [2.75, 3.05) is 7.05 Å². The van der Waals surface area contributed by atoms with Crippen molar-refractivity contribution in [3.63, 3.8) is 0 Å². The Morgan fingerprint density at radius 2 is 2.20 bits per heavy atom. The SMILES string of the molecule is C=C/C(=C\N(C)N)c1cc2nccn2c(-c2cnn(C(CC#N)CC(C)(C)C)c2)n1. The van der Waals surface area contributed by atoms with E-state index in [-0.39, 0.29) is 11.5 Å². The van der Waals surface area contributed by atoms with Gasteiger partial charge in [-0.25, -0.2) is 15.8 Å². The highest BCUT2D eigenvalue weighted by atomic mass is 15.4. The lowest BCUT2D eigenvalue weighted by Crippen LogP contribution is -2.19. The normalized spacial score (nSPS) is 13.3. The molecule has 0 radical (unpaired) electrons. The van der Waals surface area contributed by atoms with Gasteiger partial charge in [0.1, 0.15) is 11.5 Å². The molecule has 156 valence electrons. The van der Waals surface area contributed by atoms with Crippen LogP contribution < -0.4 is 5.84 Å². The standard InChI is InChI=1S/C22H28N8/c1-6-16(14-28(5)24)19-11-20-25-9-10-29(20)21(27-19)17-13-26-30(15-17)18(7-8-23)12-22(2,3)4/h6,9-11,13-15,18H,1,7,12,24H2,2-5H3/b16-14+. The summed E-state index contributed by atoms with van der Waals surface area (Å²) < 4.78 is 3.79. The Morgan fingerprint density at radius 1 is 1.43 bits per heavy atom. The summed E-state index contributed by atoms with van der Waals surface area (Å²) in [5, 5.41) is 15.3. The fourth-order valence-electron chi connectivity index (χ4n) is 3.44. The van der Waals surface area contributed by atoms with E-state index in [0.29, 0.717) is 17.9 Å². The van der Waals surface area contributed by atoms with Gasteiger partial charge in [0, 0.05) is 43.5 Å². The Bertz CT molecular complexity index is 1100. The quantitative estimate of drug-likeness (QED) is 0.365. The molecule has 0 saturated heterocycles. The lowest BCUT2D eigenvalue weighted by atomic mass is 9.87. The second kappa shape index (κ2) is 8.51. The molecule has 8 heteroatoms. The summed E-state index contributed by atoms with van der Waals surface area (Å²) >= 11 is 0. The number of allylic oxidation sites excluding steroid dienone is 2. The van der Waals surface area contributed by atoms with Gasteiger partial charge in [0.15, 0.2) is 0 Å². The van der Waals surface area contributed by atoms with Gasteiger partial charge >= 0.3 is 0 Å². The molecule has 0 amide bonds. The predicted octanol–water partition coefficient (Wildman–Crippen LogP) is 3.82. The largest absolute Gasteiger partial charge is 0.321 e. The molecule has 30 heavy (non-hydrogen) atoms. The molecule has 0 aliphatic rings. The van der Waals surface area contributed by atoms with Crippen LogP contribution in [0.2, 0.25) is 0 Å². The number of nitriles is 1.